The first-order valence-corrected chi connectivity index (χ1v) is 9.46. The van der Waals surface area contributed by atoms with Crippen molar-refractivity contribution in [2.75, 3.05) is 34.4 Å². The van der Waals surface area contributed by atoms with E-state index in [1.165, 1.54) is 0 Å². The first-order valence-electron chi connectivity index (χ1n) is 9.46. The molecule has 0 aliphatic heterocycles. The number of ether oxygens (including phenoxy) is 2. The van der Waals surface area contributed by atoms with Crippen LogP contribution in [0.3, 0.4) is 0 Å². The molecule has 3 rings (SSSR count). The van der Waals surface area contributed by atoms with Gasteiger partial charge in [0.2, 0.25) is 0 Å². The van der Waals surface area contributed by atoms with Crippen LogP contribution in [-0.4, -0.2) is 39.3 Å². The largest absolute Gasteiger partial charge is 0.497 e. The molecule has 28 heavy (non-hydrogen) atoms. The summed E-state index contributed by atoms with van der Waals surface area (Å²) in [6, 6.07) is 28.9. The maximum absolute atomic E-state index is 6.38. The molecule has 0 spiro atoms. The molecule has 3 heteroatoms. The van der Waals surface area contributed by atoms with Crippen molar-refractivity contribution in [3.8, 4) is 5.75 Å². The van der Waals surface area contributed by atoms with Crippen molar-refractivity contribution in [1.82, 2.24) is 4.90 Å². The molecule has 0 radical (unpaired) electrons. The Balaban J connectivity index is 2.16. The van der Waals surface area contributed by atoms with Gasteiger partial charge in [-0.2, -0.15) is 0 Å². The van der Waals surface area contributed by atoms with Gasteiger partial charge < -0.3 is 14.4 Å². The molecule has 0 aliphatic rings. The molecule has 0 N–H and O–H groups in total. The fourth-order valence-electron chi connectivity index (χ4n) is 3.01. The maximum atomic E-state index is 6.38. The van der Waals surface area contributed by atoms with Crippen molar-refractivity contribution in [2.24, 2.45) is 0 Å². The van der Waals surface area contributed by atoms with Crippen LogP contribution in [0.15, 0.2) is 84.9 Å². The summed E-state index contributed by atoms with van der Waals surface area (Å²) < 4.78 is 11.7. The molecule has 0 fully saturated rings. The normalized spacial score (nSPS) is 10.6. The highest BCUT2D eigenvalue weighted by Crippen LogP contribution is 2.33. The Labute approximate surface area is 167 Å². The number of hydrogen-bond acceptors (Lipinski definition) is 3. The molecule has 3 aromatic carbocycles. The first kappa shape index (κ1) is 19.7. The topological polar surface area (TPSA) is 21.7 Å². The van der Waals surface area contributed by atoms with Crippen molar-refractivity contribution in [2.45, 2.75) is 0 Å². The van der Waals surface area contributed by atoms with E-state index in [9.17, 15) is 0 Å². The second-order valence-corrected chi connectivity index (χ2v) is 6.82. The van der Waals surface area contributed by atoms with Crippen molar-refractivity contribution in [3.63, 3.8) is 0 Å². The van der Waals surface area contributed by atoms with Crippen LogP contribution in [-0.2, 0) is 4.74 Å². The summed E-state index contributed by atoms with van der Waals surface area (Å²) in [6.07, 6.45) is 0. The second-order valence-electron chi connectivity index (χ2n) is 6.82. The summed E-state index contributed by atoms with van der Waals surface area (Å²) in [7, 11) is 5.78. The summed E-state index contributed by atoms with van der Waals surface area (Å²) in [5.41, 5.74) is 4.38. The average Bonchev–Trinajstić information content (AvgIpc) is 2.74. The molecule has 0 heterocycles. The number of hydrogen-bond donors (Lipinski definition) is 0. The maximum Gasteiger partial charge on any atom is 0.135 e. The smallest absolute Gasteiger partial charge is 0.135 e. The summed E-state index contributed by atoms with van der Waals surface area (Å²) in [6.45, 7) is 1.45. The molecular formula is C25H27NO2. The van der Waals surface area contributed by atoms with Crippen LogP contribution in [0.1, 0.15) is 16.7 Å². The minimum absolute atomic E-state index is 0.609. The van der Waals surface area contributed by atoms with Gasteiger partial charge in [0.25, 0.3) is 0 Å². The van der Waals surface area contributed by atoms with Gasteiger partial charge in [-0.15, -0.1) is 0 Å². The third-order valence-corrected chi connectivity index (χ3v) is 4.49. The van der Waals surface area contributed by atoms with Crippen LogP contribution < -0.4 is 4.74 Å². The molecular weight excluding hydrogens is 346 g/mol. The van der Waals surface area contributed by atoms with Gasteiger partial charge in [0.1, 0.15) is 18.1 Å². The van der Waals surface area contributed by atoms with E-state index in [0.29, 0.717) is 6.61 Å². The second kappa shape index (κ2) is 9.77. The van der Waals surface area contributed by atoms with E-state index < -0.39 is 0 Å². The molecule has 0 bridgehead atoms. The zero-order valence-corrected chi connectivity index (χ0v) is 16.8. The van der Waals surface area contributed by atoms with E-state index >= 15 is 0 Å². The van der Waals surface area contributed by atoms with Crippen LogP contribution >= 0.6 is 0 Å². The van der Waals surface area contributed by atoms with E-state index in [-0.39, 0.29) is 0 Å². The third-order valence-electron chi connectivity index (χ3n) is 4.49. The molecule has 3 aromatic rings. The van der Waals surface area contributed by atoms with Gasteiger partial charge in [0.15, 0.2) is 0 Å². The van der Waals surface area contributed by atoms with Crippen LogP contribution in [0.4, 0.5) is 0 Å². The Morgan fingerprint density at radius 3 is 1.71 bits per heavy atom. The molecule has 0 aromatic heterocycles. The summed E-state index contributed by atoms with van der Waals surface area (Å²) >= 11 is 0. The number of nitrogens with zero attached hydrogens (tertiary/aromatic N) is 1. The lowest BCUT2D eigenvalue weighted by Gasteiger charge is -2.19. The molecule has 144 valence electrons. The third kappa shape index (κ3) is 5.02. The Kier molecular flexibility index (Phi) is 6.88. The molecule has 0 aliphatic carbocycles. The molecule has 0 unspecified atom stereocenters. The minimum atomic E-state index is 0.609. The summed E-state index contributed by atoms with van der Waals surface area (Å²) in [4.78, 5) is 2.12. The Bertz CT molecular complexity index is 843. The Morgan fingerprint density at radius 2 is 1.25 bits per heavy atom. The van der Waals surface area contributed by atoms with Gasteiger partial charge in [-0.1, -0.05) is 60.7 Å². The van der Waals surface area contributed by atoms with Crippen molar-refractivity contribution in [3.05, 3.63) is 102 Å². The molecule has 0 atom stereocenters. The van der Waals surface area contributed by atoms with Gasteiger partial charge in [-0.3, -0.25) is 0 Å². The van der Waals surface area contributed by atoms with E-state index in [0.717, 1.165) is 40.3 Å². The molecule has 0 saturated carbocycles. The van der Waals surface area contributed by atoms with Gasteiger partial charge in [0.05, 0.1) is 7.11 Å². The highest BCUT2D eigenvalue weighted by Gasteiger charge is 2.16. The van der Waals surface area contributed by atoms with Crippen LogP contribution in [0, 0.1) is 0 Å². The molecule has 3 nitrogen and oxygen atoms in total. The van der Waals surface area contributed by atoms with E-state index in [4.69, 9.17) is 9.47 Å². The Hall–Kier alpha value is -3.04. The number of rotatable bonds is 8. The first-order chi connectivity index (χ1) is 13.7. The lowest BCUT2D eigenvalue weighted by molar-refractivity contribution is 0.233. The average molecular weight is 373 g/mol. The van der Waals surface area contributed by atoms with Crippen molar-refractivity contribution < 1.29 is 9.47 Å². The fourth-order valence-corrected chi connectivity index (χ4v) is 3.01. The fraction of sp³-hybridized carbons (Fsp3) is 0.200. The number of likely N-dealkylation sites (N-methyl/N-ethyl adjacent to an activating group) is 1. The zero-order valence-electron chi connectivity index (χ0n) is 16.8. The van der Waals surface area contributed by atoms with Crippen LogP contribution in [0.2, 0.25) is 0 Å². The lowest BCUT2D eigenvalue weighted by Crippen LogP contribution is -2.18. The predicted octanol–water partition coefficient (Wildman–Crippen LogP) is 5.19. The predicted molar refractivity (Wildman–Crippen MR) is 116 cm³/mol. The standard InChI is InChI=1S/C25H27NO2/c1-26(2)18-19-28-25(22-14-16-23(27-3)17-15-22)24(20-10-6-4-7-11-20)21-12-8-5-9-13-21/h4-17H,18-19H2,1-3H3. The summed E-state index contributed by atoms with van der Waals surface area (Å²) in [5, 5.41) is 0. The monoisotopic (exact) mass is 373 g/mol. The lowest BCUT2D eigenvalue weighted by atomic mass is 9.94. The van der Waals surface area contributed by atoms with E-state index in [1.54, 1.807) is 7.11 Å². The van der Waals surface area contributed by atoms with Gasteiger partial charge >= 0.3 is 0 Å². The van der Waals surface area contributed by atoms with Gasteiger partial charge in [-0.05, 0) is 49.5 Å². The summed E-state index contributed by atoms with van der Waals surface area (Å²) in [5.74, 6) is 1.71. The zero-order chi connectivity index (χ0) is 19.8. The van der Waals surface area contributed by atoms with Gasteiger partial charge in [-0.25, -0.2) is 0 Å². The highest BCUT2D eigenvalue weighted by atomic mass is 16.5. The molecule has 0 amide bonds. The molecule has 0 saturated heterocycles. The Morgan fingerprint density at radius 1 is 0.714 bits per heavy atom. The van der Waals surface area contributed by atoms with E-state index in [1.807, 2.05) is 24.3 Å². The highest BCUT2D eigenvalue weighted by molar-refractivity contribution is 5.96. The number of methoxy groups -OCH3 is 1. The quantitative estimate of drug-likeness (QED) is 0.401. The van der Waals surface area contributed by atoms with Crippen LogP contribution in [0.25, 0.3) is 11.3 Å². The van der Waals surface area contributed by atoms with Crippen LogP contribution in [0.5, 0.6) is 5.75 Å². The van der Waals surface area contributed by atoms with Gasteiger partial charge in [0, 0.05) is 17.7 Å². The number of benzene rings is 3. The minimum Gasteiger partial charge on any atom is -0.497 e. The van der Waals surface area contributed by atoms with E-state index in [2.05, 4.69) is 79.7 Å². The van der Waals surface area contributed by atoms with Crippen molar-refractivity contribution in [1.29, 1.82) is 0 Å². The SMILES string of the molecule is COc1ccc(C(OCCN(C)C)=C(c2ccccc2)c2ccccc2)cc1. The van der Waals surface area contributed by atoms with Crippen molar-refractivity contribution >= 4 is 11.3 Å².